The van der Waals surface area contributed by atoms with Crippen LogP contribution in [0.25, 0.3) is 0 Å². The molecule has 0 heterocycles. The number of carbonyl (C=O) groups is 1. The van der Waals surface area contributed by atoms with E-state index in [9.17, 15) is 14.9 Å². The number of nitrogens with one attached hydrogen (secondary N) is 1. The predicted octanol–water partition coefficient (Wildman–Crippen LogP) is 5.08. The van der Waals surface area contributed by atoms with E-state index in [2.05, 4.69) is 38.2 Å². The van der Waals surface area contributed by atoms with Crippen LogP contribution in [-0.2, 0) is 10.2 Å². The number of hydrogen-bond donors (Lipinski definition) is 1. The maximum absolute atomic E-state index is 12.0. The topological polar surface area (TPSA) is 81.5 Å². The summed E-state index contributed by atoms with van der Waals surface area (Å²) in [6, 6.07) is 14.1. The summed E-state index contributed by atoms with van der Waals surface area (Å²) in [6.07, 6.45) is 1.81. The quantitative estimate of drug-likeness (QED) is 0.379. The summed E-state index contributed by atoms with van der Waals surface area (Å²) in [7, 11) is 0. The molecular weight excluding hydrogens is 344 g/mol. The molecule has 0 fully saturated rings. The lowest BCUT2D eigenvalue weighted by Gasteiger charge is -2.23. The van der Waals surface area contributed by atoms with Crippen LogP contribution in [-0.4, -0.2) is 17.4 Å². The zero-order chi connectivity index (χ0) is 19.9. The molecule has 1 N–H and O–H groups in total. The van der Waals surface area contributed by atoms with Crippen molar-refractivity contribution in [1.29, 1.82) is 0 Å². The van der Waals surface area contributed by atoms with Crippen LogP contribution in [0.2, 0.25) is 0 Å². The summed E-state index contributed by atoms with van der Waals surface area (Å²) in [5.74, 6) is 0.498. The third-order valence-corrected chi connectivity index (χ3v) is 4.71. The number of para-hydroxylation sites is 2. The van der Waals surface area contributed by atoms with E-state index < -0.39 is 4.92 Å². The van der Waals surface area contributed by atoms with Gasteiger partial charge in [0.1, 0.15) is 11.4 Å². The third-order valence-electron chi connectivity index (χ3n) is 4.71. The Morgan fingerprint density at radius 2 is 1.81 bits per heavy atom. The van der Waals surface area contributed by atoms with Crippen LogP contribution >= 0.6 is 0 Å². The lowest BCUT2D eigenvalue weighted by Crippen LogP contribution is -2.15. The van der Waals surface area contributed by atoms with Crippen molar-refractivity contribution in [3.63, 3.8) is 0 Å². The molecule has 6 heteroatoms. The smallest absolute Gasteiger partial charge is 0.292 e. The van der Waals surface area contributed by atoms with Crippen molar-refractivity contribution >= 4 is 17.3 Å². The van der Waals surface area contributed by atoms with Gasteiger partial charge in [-0.15, -0.1) is 0 Å². The van der Waals surface area contributed by atoms with E-state index in [1.807, 2.05) is 12.1 Å². The minimum atomic E-state index is -0.512. The number of amides is 1. The van der Waals surface area contributed by atoms with Crippen molar-refractivity contribution < 1.29 is 14.5 Å². The first kappa shape index (κ1) is 20.4. The van der Waals surface area contributed by atoms with Crippen molar-refractivity contribution in [2.45, 2.75) is 45.4 Å². The standard InChI is InChI=1S/C21H26N2O4/c1-4-21(2,3)16-11-13-17(14-12-16)27-15-7-10-20(24)22-18-8-5-6-9-19(18)23(25)26/h5-6,8-9,11-14H,4,7,10,15H2,1-3H3,(H,22,24). The molecule has 0 unspecified atom stereocenters. The molecule has 0 aliphatic heterocycles. The second-order valence-corrected chi connectivity index (χ2v) is 7.04. The van der Waals surface area contributed by atoms with Crippen LogP contribution in [0.15, 0.2) is 48.5 Å². The number of hydrogen-bond acceptors (Lipinski definition) is 4. The first-order chi connectivity index (χ1) is 12.8. The molecule has 27 heavy (non-hydrogen) atoms. The van der Waals surface area contributed by atoms with Crippen LogP contribution in [0.1, 0.15) is 45.6 Å². The number of carbonyl (C=O) groups excluding carboxylic acids is 1. The molecule has 0 radical (unpaired) electrons. The summed E-state index contributed by atoms with van der Waals surface area (Å²) in [5.41, 5.74) is 1.50. The Hall–Kier alpha value is -2.89. The molecule has 6 nitrogen and oxygen atoms in total. The Labute approximate surface area is 159 Å². The Balaban J connectivity index is 1.78. The van der Waals surface area contributed by atoms with Gasteiger partial charge in [0.15, 0.2) is 0 Å². The summed E-state index contributed by atoms with van der Waals surface area (Å²) in [5, 5.41) is 13.5. The SMILES string of the molecule is CCC(C)(C)c1ccc(OCCCC(=O)Nc2ccccc2[N+](=O)[O-])cc1. The summed E-state index contributed by atoms with van der Waals surface area (Å²) >= 11 is 0. The minimum absolute atomic E-state index is 0.114. The van der Waals surface area contributed by atoms with Crippen LogP contribution < -0.4 is 10.1 Å². The van der Waals surface area contributed by atoms with Crippen molar-refractivity contribution in [3.8, 4) is 5.75 Å². The largest absolute Gasteiger partial charge is 0.494 e. The lowest BCUT2D eigenvalue weighted by molar-refractivity contribution is -0.383. The zero-order valence-electron chi connectivity index (χ0n) is 16.0. The van der Waals surface area contributed by atoms with Gasteiger partial charge in [0, 0.05) is 12.5 Å². The number of nitrogens with zero attached hydrogens (tertiary/aromatic N) is 1. The fourth-order valence-electron chi connectivity index (χ4n) is 2.58. The van der Waals surface area contributed by atoms with Gasteiger partial charge in [-0.1, -0.05) is 45.0 Å². The molecule has 2 aromatic carbocycles. The zero-order valence-corrected chi connectivity index (χ0v) is 16.0. The van der Waals surface area contributed by atoms with E-state index in [0.29, 0.717) is 13.0 Å². The second kappa shape index (κ2) is 9.16. The minimum Gasteiger partial charge on any atom is -0.494 e. The normalized spacial score (nSPS) is 11.1. The Bertz CT molecular complexity index is 785. The Morgan fingerprint density at radius 1 is 1.15 bits per heavy atom. The summed E-state index contributed by atoms with van der Waals surface area (Å²) < 4.78 is 5.68. The third kappa shape index (κ3) is 5.81. The van der Waals surface area contributed by atoms with E-state index in [-0.39, 0.29) is 29.1 Å². The van der Waals surface area contributed by atoms with Gasteiger partial charge in [-0.2, -0.15) is 0 Å². The van der Waals surface area contributed by atoms with Gasteiger partial charge in [0.05, 0.1) is 11.5 Å². The first-order valence-electron chi connectivity index (χ1n) is 9.10. The van der Waals surface area contributed by atoms with E-state index in [1.54, 1.807) is 12.1 Å². The summed E-state index contributed by atoms with van der Waals surface area (Å²) in [4.78, 5) is 22.4. The van der Waals surface area contributed by atoms with Gasteiger partial charge >= 0.3 is 0 Å². The highest BCUT2D eigenvalue weighted by atomic mass is 16.6. The van der Waals surface area contributed by atoms with Crippen LogP contribution in [0.4, 0.5) is 11.4 Å². The number of rotatable bonds is 9. The first-order valence-corrected chi connectivity index (χ1v) is 9.10. The molecule has 0 aliphatic rings. The lowest BCUT2D eigenvalue weighted by atomic mass is 9.82. The molecule has 0 atom stereocenters. The maximum atomic E-state index is 12.0. The predicted molar refractivity (Wildman–Crippen MR) is 106 cm³/mol. The van der Waals surface area contributed by atoms with E-state index in [1.165, 1.54) is 17.7 Å². The van der Waals surface area contributed by atoms with Gasteiger partial charge in [-0.25, -0.2) is 0 Å². The number of benzene rings is 2. The van der Waals surface area contributed by atoms with Crippen molar-refractivity contribution in [2.75, 3.05) is 11.9 Å². The van der Waals surface area contributed by atoms with E-state index >= 15 is 0 Å². The van der Waals surface area contributed by atoms with Gasteiger partial charge in [0.25, 0.3) is 5.69 Å². The average molecular weight is 370 g/mol. The molecular formula is C21H26N2O4. The van der Waals surface area contributed by atoms with Crippen LogP contribution in [0, 0.1) is 10.1 Å². The summed E-state index contributed by atoms with van der Waals surface area (Å²) in [6.45, 7) is 6.98. The fraction of sp³-hybridized carbons (Fsp3) is 0.381. The maximum Gasteiger partial charge on any atom is 0.292 e. The molecule has 2 rings (SSSR count). The van der Waals surface area contributed by atoms with E-state index in [0.717, 1.165) is 12.2 Å². The monoisotopic (exact) mass is 370 g/mol. The molecule has 0 aromatic heterocycles. The molecule has 0 saturated carbocycles. The van der Waals surface area contributed by atoms with Gasteiger partial charge in [0.2, 0.25) is 5.91 Å². The molecule has 1 amide bonds. The van der Waals surface area contributed by atoms with Crippen molar-refractivity contribution in [1.82, 2.24) is 0 Å². The molecule has 144 valence electrons. The fourth-order valence-corrected chi connectivity index (χ4v) is 2.58. The Kier molecular flexibility index (Phi) is 6.93. The number of nitro benzene ring substituents is 1. The highest BCUT2D eigenvalue weighted by molar-refractivity contribution is 5.92. The molecule has 0 spiro atoms. The average Bonchev–Trinajstić information content (AvgIpc) is 2.66. The van der Waals surface area contributed by atoms with Crippen LogP contribution in [0.3, 0.4) is 0 Å². The van der Waals surface area contributed by atoms with Crippen molar-refractivity contribution in [3.05, 3.63) is 64.2 Å². The number of anilines is 1. The highest BCUT2D eigenvalue weighted by Gasteiger charge is 2.17. The van der Waals surface area contributed by atoms with Crippen molar-refractivity contribution in [2.24, 2.45) is 0 Å². The van der Waals surface area contributed by atoms with Gasteiger partial charge in [-0.3, -0.25) is 14.9 Å². The van der Waals surface area contributed by atoms with Gasteiger partial charge < -0.3 is 10.1 Å². The molecule has 0 aliphatic carbocycles. The second-order valence-electron chi connectivity index (χ2n) is 7.04. The highest BCUT2D eigenvalue weighted by Crippen LogP contribution is 2.28. The van der Waals surface area contributed by atoms with E-state index in [4.69, 9.17) is 4.74 Å². The Morgan fingerprint density at radius 3 is 2.44 bits per heavy atom. The molecule has 0 bridgehead atoms. The number of ether oxygens (including phenoxy) is 1. The molecule has 0 saturated heterocycles. The molecule has 2 aromatic rings. The van der Waals surface area contributed by atoms with Gasteiger partial charge in [-0.05, 0) is 42.0 Å². The van der Waals surface area contributed by atoms with Crippen LogP contribution in [0.5, 0.6) is 5.75 Å². The number of nitro groups is 1.